The van der Waals surface area contributed by atoms with Crippen molar-refractivity contribution in [2.24, 2.45) is 10.9 Å². The summed E-state index contributed by atoms with van der Waals surface area (Å²) in [5.41, 5.74) is 2.89. The molecule has 1 aliphatic carbocycles. The molecule has 0 unspecified atom stereocenters. The van der Waals surface area contributed by atoms with E-state index in [1.807, 2.05) is 77.7 Å². The summed E-state index contributed by atoms with van der Waals surface area (Å²) in [5.74, 6) is 1.24. The minimum atomic E-state index is 0.0374. The monoisotopic (exact) mass is 532 g/mol. The van der Waals surface area contributed by atoms with Crippen LogP contribution in [0, 0.1) is 5.92 Å². The van der Waals surface area contributed by atoms with Crippen molar-refractivity contribution in [2.45, 2.75) is 45.3 Å². The van der Waals surface area contributed by atoms with Crippen molar-refractivity contribution in [3.63, 3.8) is 0 Å². The molecule has 4 nitrogen and oxygen atoms in total. The van der Waals surface area contributed by atoms with Gasteiger partial charge in [0.2, 0.25) is 0 Å². The molecule has 0 radical (unpaired) electrons. The van der Waals surface area contributed by atoms with Crippen LogP contribution in [0.3, 0.4) is 0 Å². The van der Waals surface area contributed by atoms with Gasteiger partial charge in [-0.15, -0.1) is 0 Å². The van der Waals surface area contributed by atoms with Crippen LogP contribution < -0.4 is 4.74 Å². The zero-order valence-corrected chi connectivity index (χ0v) is 22.9. The summed E-state index contributed by atoms with van der Waals surface area (Å²) in [6.07, 6.45) is 6.52. The molecular formula is C34H32N2O2S. The van der Waals surface area contributed by atoms with Crippen molar-refractivity contribution < 1.29 is 9.53 Å². The predicted octanol–water partition coefficient (Wildman–Crippen LogP) is 8.60. The SMILES string of the molecule is C[C@H]1CCCC[C@@H]1N1C(=O)/C(=C/c2c(OCc3ccccc3)ccc3ccccc23)SC1=Nc1ccccc1. The van der Waals surface area contributed by atoms with Crippen molar-refractivity contribution in [1.29, 1.82) is 0 Å². The summed E-state index contributed by atoms with van der Waals surface area (Å²) in [6.45, 7) is 2.73. The minimum Gasteiger partial charge on any atom is -0.488 e. The Morgan fingerprint density at radius 1 is 0.897 bits per heavy atom. The first-order valence-corrected chi connectivity index (χ1v) is 14.5. The van der Waals surface area contributed by atoms with Crippen molar-refractivity contribution in [2.75, 3.05) is 0 Å². The van der Waals surface area contributed by atoms with E-state index >= 15 is 0 Å². The van der Waals surface area contributed by atoms with Crippen molar-refractivity contribution >= 4 is 45.4 Å². The number of hydrogen-bond acceptors (Lipinski definition) is 4. The van der Waals surface area contributed by atoms with E-state index in [-0.39, 0.29) is 11.9 Å². The number of thioether (sulfide) groups is 1. The maximum absolute atomic E-state index is 14.1. The number of benzene rings is 4. The van der Waals surface area contributed by atoms with Gasteiger partial charge in [-0.1, -0.05) is 98.6 Å². The molecule has 2 atom stereocenters. The summed E-state index contributed by atoms with van der Waals surface area (Å²) < 4.78 is 6.35. The van der Waals surface area contributed by atoms with E-state index in [1.165, 1.54) is 18.2 Å². The Morgan fingerprint density at radius 3 is 2.41 bits per heavy atom. The van der Waals surface area contributed by atoms with Gasteiger partial charge < -0.3 is 4.74 Å². The Hall–Kier alpha value is -3.83. The molecule has 5 heteroatoms. The zero-order valence-electron chi connectivity index (χ0n) is 22.1. The fraction of sp³-hybridized carbons (Fsp3) is 0.235. The van der Waals surface area contributed by atoms with Gasteiger partial charge >= 0.3 is 0 Å². The molecule has 1 heterocycles. The van der Waals surface area contributed by atoms with Gasteiger partial charge in [-0.05, 0) is 71.1 Å². The number of carbonyl (C=O) groups is 1. The molecule has 4 aromatic carbocycles. The molecular weight excluding hydrogens is 500 g/mol. The highest BCUT2D eigenvalue weighted by Crippen LogP contribution is 2.42. The van der Waals surface area contributed by atoms with Gasteiger partial charge in [-0.3, -0.25) is 9.69 Å². The molecule has 4 aromatic rings. The van der Waals surface area contributed by atoms with Gasteiger partial charge in [0, 0.05) is 11.6 Å². The number of aliphatic imine (C=N–C) groups is 1. The number of rotatable bonds is 6. The fourth-order valence-corrected chi connectivity index (χ4v) is 6.59. The van der Waals surface area contributed by atoms with E-state index < -0.39 is 0 Å². The van der Waals surface area contributed by atoms with Gasteiger partial charge in [0.25, 0.3) is 5.91 Å². The lowest BCUT2D eigenvalue weighted by molar-refractivity contribution is -0.124. The van der Waals surface area contributed by atoms with Crippen LogP contribution in [-0.4, -0.2) is 22.0 Å². The van der Waals surface area contributed by atoms with E-state index in [0.717, 1.165) is 57.8 Å². The van der Waals surface area contributed by atoms with Crippen LogP contribution in [0.1, 0.15) is 43.7 Å². The van der Waals surface area contributed by atoms with Gasteiger partial charge in [0.05, 0.1) is 10.6 Å². The van der Waals surface area contributed by atoms with Crippen LogP contribution in [0.4, 0.5) is 5.69 Å². The first-order valence-electron chi connectivity index (χ1n) is 13.7. The summed E-state index contributed by atoms with van der Waals surface area (Å²) in [7, 11) is 0. The van der Waals surface area contributed by atoms with Gasteiger partial charge in [0.1, 0.15) is 12.4 Å². The second kappa shape index (κ2) is 11.5. The first kappa shape index (κ1) is 25.4. The molecule has 0 N–H and O–H groups in total. The Kier molecular flexibility index (Phi) is 7.51. The van der Waals surface area contributed by atoms with Crippen molar-refractivity contribution in [3.05, 3.63) is 113 Å². The standard InChI is InChI=1S/C34H32N2O2S/c1-24-12-8-11-19-30(24)36-33(37)32(39-34(36)35-27-16-6-3-7-17-27)22-29-28-18-10-9-15-26(28)20-21-31(29)38-23-25-13-4-2-5-14-25/h2-7,9-10,13-18,20-22,24,30H,8,11-12,19,23H2,1H3/b32-22-,35-34?/t24-,30-/m0/s1. The van der Waals surface area contributed by atoms with Crippen LogP contribution in [0.25, 0.3) is 16.8 Å². The number of para-hydroxylation sites is 1. The van der Waals surface area contributed by atoms with Crippen LogP contribution in [0.5, 0.6) is 5.75 Å². The van der Waals surface area contributed by atoms with Gasteiger partial charge in [-0.25, -0.2) is 4.99 Å². The lowest BCUT2D eigenvalue weighted by Crippen LogP contribution is -2.44. The topological polar surface area (TPSA) is 41.9 Å². The Balaban J connectivity index is 1.42. The molecule has 1 saturated carbocycles. The molecule has 0 aromatic heterocycles. The Labute approximate surface area is 234 Å². The Bertz CT molecular complexity index is 1530. The number of amidine groups is 1. The largest absolute Gasteiger partial charge is 0.488 e. The second-order valence-electron chi connectivity index (χ2n) is 10.3. The van der Waals surface area contributed by atoms with E-state index in [0.29, 0.717) is 17.4 Å². The third-order valence-electron chi connectivity index (χ3n) is 7.66. The summed E-state index contributed by atoms with van der Waals surface area (Å²) in [4.78, 5) is 21.7. The summed E-state index contributed by atoms with van der Waals surface area (Å²) in [5, 5.41) is 2.95. The summed E-state index contributed by atoms with van der Waals surface area (Å²) in [6, 6.07) is 32.6. The highest BCUT2D eigenvalue weighted by atomic mass is 32.2. The van der Waals surface area contributed by atoms with Crippen LogP contribution >= 0.6 is 11.8 Å². The fourth-order valence-electron chi connectivity index (χ4n) is 5.57. The van der Waals surface area contributed by atoms with Crippen LogP contribution in [-0.2, 0) is 11.4 Å². The lowest BCUT2D eigenvalue weighted by Gasteiger charge is -2.35. The molecule has 1 saturated heterocycles. The molecule has 39 heavy (non-hydrogen) atoms. The molecule has 2 aliphatic rings. The zero-order chi connectivity index (χ0) is 26.6. The second-order valence-corrected chi connectivity index (χ2v) is 11.3. The first-order chi connectivity index (χ1) is 19.2. The average molecular weight is 533 g/mol. The molecule has 196 valence electrons. The van der Waals surface area contributed by atoms with E-state index in [9.17, 15) is 4.79 Å². The smallest absolute Gasteiger partial charge is 0.267 e. The predicted molar refractivity (Wildman–Crippen MR) is 162 cm³/mol. The lowest BCUT2D eigenvalue weighted by atomic mass is 9.85. The number of hydrogen-bond donors (Lipinski definition) is 0. The van der Waals surface area contributed by atoms with E-state index in [2.05, 4.69) is 37.3 Å². The van der Waals surface area contributed by atoms with Crippen LogP contribution in [0.15, 0.2) is 107 Å². The quantitative estimate of drug-likeness (QED) is 0.234. The molecule has 1 amide bonds. The normalized spacial score (nSPS) is 21.7. The third-order valence-corrected chi connectivity index (χ3v) is 8.64. The highest BCUT2D eigenvalue weighted by molar-refractivity contribution is 8.18. The number of ether oxygens (including phenoxy) is 1. The van der Waals surface area contributed by atoms with Gasteiger partial charge in [0.15, 0.2) is 5.17 Å². The maximum atomic E-state index is 14.1. The number of amides is 1. The molecule has 1 aliphatic heterocycles. The molecule has 0 spiro atoms. The van der Waals surface area contributed by atoms with Gasteiger partial charge in [-0.2, -0.15) is 0 Å². The van der Waals surface area contributed by atoms with Crippen molar-refractivity contribution in [1.82, 2.24) is 4.90 Å². The van der Waals surface area contributed by atoms with Crippen LogP contribution in [0.2, 0.25) is 0 Å². The van der Waals surface area contributed by atoms with E-state index in [1.54, 1.807) is 0 Å². The van der Waals surface area contributed by atoms with Crippen molar-refractivity contribution in [3.8, 4) is 5.75 Å². The number of nitrogens with zero attached hydrogens (tertiary/aromatic N) is 2. The number of carbonyl (C=O) groups excluding carboxylic acids is 1. The maximum Gasteiger partial charge on any atom is 0.267 e. The molecule has 2 fully saturated rings. The summed E-state index contributed by atoms with van der Waals surface area (Å²) >= 11 is 1.48. The Morgan fingerprint density at radius 2 is 1.62 bits per heavy atom. The third kappa shape index (κ3) is 5.50. The number of fused-ring (bicyclic) bond motifs is 1. The molecule has 6 rings (SSSR count). The van der Waals surface area contributed by atoms with E-state index in [4.69, 9.17) is 9.73 Å². The molecule has 0 bridgehead atoms. The average Bonchev–Trinajstić information content (AvgIpc) is 3.27. The minimum absolute atomic E-state index is 0.0374. The highest BCUT2D eigenvalue weighted by Gasteiger charge is 2.41.